The van der Waals surface area contributed by atoms with E-state index in [1.165, 1.54) is 32.1 Å². The van der Waals surface area contributed by atoms with Crippen LogP contribution in [0.5, 0.6) is 0 Å². The Morgan fingerprint density at radius 2 is 2.07 bits per heavy atom. The van der Waals surface area contributed by atoms with Gasteiger partial charge < -0.3 is 5.73 Å². The highest BCUT2D eigenvalue weighted by Gasteiger charge is 2.14. The fourth-order valence-corrected chi connectivity index (χ4v) is 2.21. The maximum absolute atomic E-state index is 5.54. The zero-order valence-electron chi connectivity index (χ0n) is 8.45. The molecule has 0 saturated heterocycles. The highest BCUT2D eigenvalue weighted by Crippen LogP contribution is 2.26. The molecular formula is C11H17N3. The third kappa shape index (κ3) is 2.44. The quantitative estimate of drug-likeness (QED) is 0.779. The molecule has 0 amide bonds. The predicted molar refractivity (Wildman–Crippen MR) is 56.7 cm³/mol. The van der Waals surface area contributed by atoms with Gasteiger partial charge >= 0.3 is 0 Å². The molecule has 0 aliphatic heterocycles. The van der Waals surface area contributed by atoms with Gasteiger partial charge in [0.2, 0.25) is 5.95 Å². The van der Waals surface area contributed by atoms with Crippen molar-refractivity contribution < 1.29 is 0 Å². The van der Waals surface area contributed by atoms with Gasteiger partial charge in [0.1, 0.15) is 0 Å². The molecule has 1 aromatic rings. The first-order valence-electron chi connectivity index (χ1n) is 5.42. The van der Waals surface area contributed by atoms with E-state index in [0.717, 1.165) is 18.0 Å². The van der Waals surface area contributed by atoms with E-state index in [4.69, 9.17) is 5.73 Å². The van der Waals surface area contributed by atoms with Crippen LogP contribution in [0.2, 0.25) is 0 Å². The van der Waals surface area contributed by atoms with Crippen LogP contribution in [0.25, 0.3) is 0 Å². The van der Waals surface area contributed by atoms with E-state index >= 15 is 0 Å². The van der Waals surface area contributed by atoms with Gasteiger partial charge in [0.05, 0.1) is 0 Å². The van der Waals surface area contributed by atoms with Crippen LogP contribution in [0.3, 0.4) is 0 Å². The maximum Gasteiger partial charge on any atom is 0.220 e. The molecule has 1 fully saturated rings. The van der Waals surface area contributed by atoms with Crippen LogP contribution in [0, 0.1) is 5.92 Å². The first-order valence-corrected chi connectivity index (χ1v) is 5.42. The summed E-state index contributed by atoms with van der Waals surface area (Å²) in [5, 5.41) is 0. The number of rotatable bonds is 2. The summed E-state index contributed by atoms with van der Waals surface area (Å²) in [7, 11) is 0. The Morgan fingerprint density at radius 1 is 1.29 bits per heavy atom. The summed E-state index contributed by atoms with van der Waals surface area (Å²) in [5.74, 6) is 1.22. The Balaban J connectivity index is 1.95. The first-order chi connectivity index (χ1) is 6.84. The second-order valence-electron chi connectivity index (χ2n) is 4.11. The van der Waals surface area contributed by atoms with Crippen LogP contribution >= 0.6 is 0 Å². The van der Waals surface area contributed by atoms with Gasteiger partial charge in [-0.1, -0.05) is 32.1 Å². The van der Waals surface area contributed by atoms with E-state index in [1.807, 2.05) is 6.07 Å². The van der Waals surface area contributed by atoms with Crippen molar-refractivity contribution in [2.24, 2.45) is 5.92 Å². The highest BCUT2D eigenvalue weighted by atomic mass is 15.0. The van der Waals surface area contributed by atoms with Gasteiger partial charge in [-0.25, -0.2) is 9.97 Å². The summed E-state index contributed by atoms with van der Waals surface area (Å²) in [6.45, 7) is 0. The largest absolute Gasteiger partial charge is 0.368 e. The summed E-state index contributed by atoms with van der Waals surface area (Å²) >= 11 is 0. The normalized spacial score (nSPS) is 18.3. The van der Waals surface area contributed by atoms with E-state index < -0.39 is 0 Å². The molecule has 3 heteroatoms. The molecule has 0 atom stereocenters. The third-order valence-electron chi connectivity index (χ3n) is 2.95. The number of hydrogen-bond acceptors (Lipinski definition) is 3. The van der Waals surface area contributed by atoms with Gasteiger partial charge in [-0.2, -0.15) is 0 Å². The molecule has 0 aromatic carbocycles. The average molecular weight is 191 g/mol. The van der Waals surface area contributed by atoms with Crippen molar-refractivity contribution in [2.75, 3.05) is 5.73 Å². The molecule has 14 heavy (non-hydrogen) atoms. The molecule has 76 valence electrons. The zero-order chi connectivity index (χ0) is 9.80. The number of anilines is 1. The smallest absolute Gasteiger partial charge is 0.220 e. The molecule has 1 aromatic heterocycles. The average Bonchev–Trinajstić information content (AvgIpc) is 2.19. The molecule has 1 aliphatic carbocycles. The topological polar surface area (TPSA) is 51.8 Å². The van der Waals surface area contributed by atoms with Crippen molar-refractivity contribution in [1.29, 1.82) is 0 Å². The van der Waals surface area contributed by atoms with E-state index in [1.54, 1.807) is 6.20 Å². The van der Waals surface area contributed by atoms with E-state index in [2.05, 4.69) is 9.97 Å². The molecule has 1 saturated carbocycles. The second-order valence-corrected chi connectivity index (χ2v) is 4.11. The van der Waals surface area contributed by atoms with Crippen LogP contribution in [0.1, 0.15) is 37.8 Å². The Bertz CT molecular complexity index is 292. The Kier molecular flexibility index (Phi) is 2.96. The highest BCUT2D eigenvalue weighted by molar-refractivity contribution is 5.17. The van der Waals surface area contributed by atoms with E-state index in [-0.39, 0.29) is 0 Å². The lowest BCUT2D eigenvalue weighted by Gasteiger charge is -2.20. The lowest BCUT2D eigenvalue weighted by molar-refractivity contribution is 0.354. The standard InChI is InChI=1S/C11H17N3/c12-11-13-7-6-10(14-11)8-9-4-2-1-3-5-9/h6-7,9H,1-5,8H2,(H2,12,13,14). The number of aromatic nitrogens is 2. The van der Waals surface area contributed by atoms with Crippen LogP contribution in [-0.4, -0.2) is 9.97 Å². The Hall–Kier alpha value is -1.12. The molecule has 0 unspecified atom stereocenters. The Labute approximate surface area is 84.8 Å². The fraction of sp³-hybridized carbons (Fsp3) is 0.636. The molecule has 1 heterocycles. The van der Waals surface area contributed by atoms with E-state index in [0.29, 0.717) is 5.95 Å². The van der Waals surface area contributed by atoms with Crippen molar-refractivity contribution in [1.82, 2.24) is 9.97 Å². The van der Waals surface area contributed by atoms with Gasteiger partial charge in [-0.3, -0.25) is 0 Å². The van der Waals surface area contributed by atoms with Crippen molar-refractivity contribution in [3.8, 4) is 0 Å². The fourth-order valence-electron chi connectivity index (χ4n) is 2.21. The monoisotopic (exact) mass is 191 g/mol. The van der Waals surface area contributed by atoms with Crippen molar-refractivity contribution in [2.45, 2.75) is 38.5 Å². The van der Waals surface area contributed by atoms with Crippen LogP contribution in [-0.2, 0) is 6.42 Å². The molecule has 0 radical (unpaired) electrons. The molecule has 0 spiro atoms. The van der Waals surface area contributed by atoms with Crippen molar-refractivity contribution in [3.05, 3.63) is 18.0 Å². The van der Waals surface area contributed by atoms with Crippen LogP contribution in [0.4, 0.5) is 5.95 Å². The summed E-state index contributed by atoms with van der Waals surface area (Å²) in [6.07, 6.45) is 9.69. The summed E-state index contributed by atoms with van der Waals surface area (Å²) in [4.78, 5) is 8.13. The molecular weight excluding hydrogens is 174 g/mol. The SMILES string of the molecule is Nc1nccc(CC2CCCCC2)n1. The van der Waals surface area contributed by atoms with Crippen LogP contribution in [0.15, 0.2) is 12.3 Å². The number of nitrogens with two attached hydrogens (primary N) is 1. The first kappa shape index (κ1) is 9.44. The Morgan fingerprint density at radius 3 is 2.79 bits per heavy atom. The van der Waals surface area contributed by atoms with Crippen molar-refractivity contribution >= 4 is 5.95 Å². The van der Waals surface area contributed by atoms with Gasteiger partial charge in [-0.15, -0.1) is 0 Å². The molecule has 2 N–H and O–H groups in total. The molecule has 0 bridgehead atoms. The van der Waals surface area contributed by atoms with Crippen LogP contribution < -0.4 is 5.73 Å². The van der Waals surface area contributed by atoms with Crippen molar-refractivity contribution in [3.63, 3.8) is 0 Å². The number of hydrogen-bond donors (Lipinski definition) is 1. The van der Waals surface area contributed by atoms with E-state index in [9.17, 15) is 0 Å². The second kappa shape index (κ2) is 4.40. The summed E-state index contributed by atoms with van der Waals surface area (Å²) in [5.41, 5.74) is 6.64. The minimum atomic E-state index is 0.401. The lowest BCUT2D eigenvalue weighted by atomic mass is 9.86. The number of nitrogen functional groups attached to an aromatic ring is 1. The molecule has 2 rings (SSSR count). The predicted octanol–water partition coefficient (Wildman–Crippen LogP) is 2.18. The van der Waals surface area contributed by atoms with Gasteiger partial charge in [-0.05, 0) is 18.4 Å². The molecule has 1 aliphatic rings. The maximum atomic E-state index is 5.54. The van der Waals surface area contributed by atoms with Gasteiger partial charge in [0, 0.05) is 11.9 Å². The van der Waals surface area contributed by atoms with Gasteiger partial charge in [0.15, 0.2) is 0 Å². The minimum Gasteiger partial charge on any atom is -0.368 e. The molecule has 3 nitrogen and oxygen atoms in total. The zero-order valence-corrected chi connectivity index (χ0v) is 8.45. The summed E-state index contributed by atoms with van der Waals surface area (Å²) < 4.78 is 0. The summed E-state index contributed by atoms with van der Waals surface area (Å²) in [6, 6.07) is 1.98. The minimum absolute atomic E-state index is 0.401. The third-order valence-corrected chi connectivity index (χ3v) is 2.95. The lowest BCUT2D eigenvalue weighted by Crippen LogP contribution is -2.10. The van der Waals surface area contributed by atoms with Gasteiger partial charge in [0.25, 0.3) is 0 Å². The number of nitrogens with zero attached hydrogens (tertiary/aromatic N) is 2.